The molecule has 0 N–H and O–H groups in total. The van der Waals surface area contributed by atoms with Gasteiger partial charge >= 0.3 is 5.69 Å². The SMILES string of the molecule is Cc1c([N+](=O)[O-])cc([N+]#N)c([O-])c1[N+](=O)[O-]. The third-order valence-corrected chi connectivity index (χ3v) is 1.95. The van der Waals surface area contributed by atoms with E-state index in [1.807, 2.05) is 0 Å². The predicted molar refractivity (Wildman–Crippen MR) is 48.7 cm³/mol. The van der Waals surface area contributed by atoms with Gasteiger partial charge in [0, 0.05) is 0 Å². The van der Waals surface area contributed by atoms with Crippen molar-refractivity contribution in [2.45, 2.75) is 6.92 Å². The molecule has 9 nitrogen and oxygen atoms in total. The summed E-state index contributed by atoms with van der Waals surface area (Å²) in [6, 6.07) is 0.685. The van der Waals surface area contributed by atoms with E-state index in [1.165, 1.54) is 0 Å². The Hall–Kier alpha value is -2.76. The molecule has 1 aromatic carbocycles. The zero-order valence-electron chi connectivity index (χ0n) is 7.91. The number of hydrogen-bond donors (Lipinski definition) is 0. The molecular weight excluding hydrogens is 220 g/mol. The maximum absolute atomic E-state index is 11.3. The van der Waals surface area contributed by atoms with Crippen LogP contribution in [0, 0.1) is 32.5 Å². The number of hydrogen-bond acceptors (Lipinski definition) is 6. The molecular formula is C7H4N4O5. The van der Waals surface area contributed by atoms with Gasteiger partial charge in [0.15, 0.2) is 4.98 Å². The minimum atomic E-state index is -1.16. The molecule has 1 aromatic rings. The third-order valence-electron chi connectivity index (χ3n) is 1.95. The van der Waals surface area contributed by atoms with E-state index in [9.17, 15) is 25.3 Å². The van der Waals surface area contributed by atoms with E-state index < -0.39 is 32.7 Å². The van der Waals surface area contributed by atoms with Crippen LogP contribution >= 0.6 is 0 Å². The summed E-state index contributed by atoms with van der Waals surface area (Å²) in [5, 5.41) is 40.8. The van der Waals surface area contributed by atoms with Crippen molar-refractivity contribution in [3.63, 3.8) is 0 Å². The van der Waals surface area contributed by atoms with E-state index in [0.29, 0.717) is 6.07 Å². The maximum Gasteiger partial charge on any atom is 0.391 e. The Kier molecular flexibility index (Phi) is 2.67. The number of benzene rings is 1. The average Bonchev–Trinajstić information content (AvgIpc) is 2.16. The summed E-state index contributed by atoms with van der Waals surface area (Å²) in [5.74, 6) is -1.16. The summed E-state index contributed by atoms with van der Waals surface area (Å²) < 4.78 is 0. The second-order valence-electron chi connectivity index (χ2n) is 2.83. The van der Waals surface area contributed by atoms with E-state index in [1.54, 1.807) is 0 Å². The van der Waals surface area contributed by atoms with Gasteiger partial charge < -0.3 is 5.11 Å². The first kappa shape index (κ1) is 11.3. The van der Waals surface area contributed by atoms with Crippen molar-refractivity contribution in [3.05, 3.63) is 36.8 Å². The van der Waals surface area contributed by atoms with Crippen LogP contribution < -0.4 is 5.11 Å². The zero-order valence-corrected chi connectivity index (χ0v) is 7.91. The van der Waals surface area contributed by atoms with Gasteiger partial charge in [-0.1, -0.05) is 0 Å². The second kappa shape index (κ2) is 3.77. The lowest BCUT2D eigenvalue weighted by Gasteiger charge is -2.05. The molecule has 0 bridgehead atoms. The summed E-state index contributed by atoms with van der Waals surface area (Å²) in [5.41, 5.74) is -2.70. The molecule has 9 heteroatoms. The van der Waals surface area contributed by atoms with E-state index in [-0.39, 0.29) is 5.56 Å². The van der Waals surface area contributed by atoms with Crippen LogP contribution in [0.3, 0.4) is 0 Å². The fraction of sp³-hybridized carbons (Fsp3) is 0.143. The molecule has 0 heterocycles. The molecule has 1 rings (SSSR count). The van der Waals surface area contributed by atoms with Crippen LogP contribution in [0.15, 0.2) is 6.07 Å². The minimum absolute atomic E-state index is 0.368. The van der Waals surface area contributed by atoms with Crippen molar-refractivity contribution < 1.29 is 15.0 Å². The van der Waals surface area contributed by atoms with Crippen LogP contribution in [0.2, 0.25) is 0 Å². The Labute approximate surface area is 87.9 Å². The Morgan fingerprint density at radius 1 is 1.31 bits per heavy atom. The molecule has 0 aromatic heterocycles. The number of nitrogens with zero attached hydrogens (tertiary/aromatic N) is 4. The topological polar surface area (TPSA) is 137 Å². The molecule has 0 spiro atoms. The van der Waals surface area contributed by atoms with Crippen LogP contribution in [0.4, 0.5) is 17.1 Å². The highest BCUT2D eigenvalue weighted by atomic mass is 16.6. The van der Waals surface area contributed by atoms with Crippen molar-refractivity contribution in [1.82, 2.24) is 0 Å². The van der Waals surface area contributed by atoms with Gasteiger partial charge in [0.05, 0.1) is 15.6 Å². The molecule has 0 fully saturated rings. The van der Waals surface area contributed by atoms with Gasteiger partial charge in [-0.3, -0.25) is 20.2 Å². The van der Waals surface area contributed by atoms with Crippen LogP contribution in [0.1, 0.15) is 5.56 Å². The standard InChI is InChI=1S/C7H4N4O5/c1-3-5(10(13)14)2-4(9-8)7(12)6(3)11(15)16/h2H,1H3. The van der Waals surface area contributed by atoms with Crippen molar-refractivity contribution in [2.24, 2.45) is 0 Å². The molecule has 0 aliphatic heterocycles. The van der Waals surface area contributed by atoms with Crippen LogP contribution in [0.25, 0.3) is 4.98 Å². The predicted octanol–water partition coefficient (Wildman–Crippen LogP) is 1.37. The molecule has 0 unspecified atom stereocenters. The smallest absolute Gasteiger partial charge is 0.391 e. The lowest BCUT2D eigenvalue weighted by atomic mass is 10.1. The number of diazo groups is 1. The van der Waals surface area contributed by atoms with Gasteiger partial charge in [0.1, 0.15) is 11.6 Å². The molecule has 82 valence electrons. The average molecular weight is 224 g/mol. The number of nitro groups is 2. The largest absolute Gasteiger partial charge is 0.862 e. The molecule has 0 saturated heterocycles. The Morgan fingerprint density at radius 2 is 1.88 bits per heavy atom. The van der Waals surface area contributed by atoms with Gasteiger partial charge in [-0.25, -0.2) is 0 Å². The summed E-state index contributed by atoms with van der Waals surface area (Å²) in [4.78, 5) is 21.6. The second-order valence-corrected chi connectivity index (χ2v) is 2.83. The third kappa shape index (κ3) is 1.59. The first-order chi connectivity index (χ1) is 7.40. The monoisotopic (exact) mass is 224 g/mol. The molecule has 16 heavy (non-hydrogen) atoms. The number of rotatable bonds is 2. The molecule has 0 aliphatic rings. The van der Waals surface area contributed by atoms with Crippen LogP contribution in [-0.4, -0.2) is 9.85 Å². The van der Waals surface area contributed by atoms with E-state index in [2.05, 4.69) is 4.98 Å². The van der Waals surface area contributed by atoms with Crippen molar-refractivity contribution in [2.75, 3.05) is 0 Å². The Morgan fingerprint density at radius 3 is 2.25 bits per heavy atom. The minimum Gasteiger partial charge on any atom is -0.862 e. The first-order valence-corrected chi connectivity index (χ1v) is 3.88. The van der Waals surface area contributed by atoms with Crippen LogP contribution in [0.5, 0.6) is 5.75 Å². The highest BCUT2D eigenvalue weighted by molar-refractivity contribution is 5.73. The van der Waals surface area contributed by atoms with Gasteiger partial charge in [0.2, 0.25) is 5.39 Å². The van der Waals surface area contributed by atoms with E-state index in [0.717, 1.165) is 6.92 Å². The molecule has 0 aliphatic carbocycles. The van der Waals surface area contributed by atoms with Crippen LogP contribution in [-0.2, 0) is 0 Å². The molecule has 0 saturated carbocycles. The lowest BCUT2D eigenvalue weighted by molar-refractivity contribution is -0.404. The summed E-state index contributed by atoms with van der Waals surface area (Å²) in [7, 11) is 0. The van der Waals surface area contributed by atoms with E-state index in [4.69, 9.17) is 5.39 Å². The lowest BCUT2D eigenvalue weighted by Crippen LogP contribution is -2.03. The van der Waals surface area contributed by atoms with Crippen molar-refractivity contribution in [1.29, 1.82) is 5.39 Å². The Bertz CT molecular complexity index is 533. The quantitative estimate of drug-likeness (QED) is 0.422. The highest BCUT2D eigenvalue weighted by Crippen LogP contribution is 2.41. The number of nitro benzene ring substituents is 2. The highest BCUT2D eigenvalue weighted by Gasteiger charge is 2.29. The fourth-order valence-electron chi connectivity index (χ4n) is 1.20. The van der Waals surface area contributed by atoms with E-state index >= 15 is 0 Å². The van der Waals surface area contributed by atoms with Gasteiger partial charge in [-0.15, -0.1) is 0 Å². The fourth-order valence-corrected chi connectivity index (χ4v) is 1.20. The van der Waals surface area contributed by atoms with Crippen molar-refractivity contribution in [3.8, 4) is 5.75 Å². The van der Waals surface area contributed by atoms with Crippen molar-refractivity contribution >= 4 is 17.1 Å². The Balaban J connectivity index is 3.73. The maximum atomic E-state index is 11.3. The molecule has 0 radical (unpaired) electrons. The van der Waals surface area contributed by atoms with Gasteiger partial charge in [0.25, 0.3) is 11.4 Å². The summed E-state index contributed by atoms with van der Waals surface area (Å²) >= 11 is 0. The van der Waals surface area contributed by atoms with Gasteiger partial charge in [-0.2, -0.15) is 0 Å². The molecule has 0 atom stereocenters. The van der Waals surface area contributed by atoms with Gasteiger partial charge in [-0.05, 0) is 6.92 Å². The normalized spacial score (nSPS) is 9.50. The summed E-state index contributed by atoms with van der Waals surface area (Å²) in [6.07, 6.45) is 0. The zero-order chi connectivity index (χ0) is 12.5. The summed E-state index contributed by atoms with van der Waals surface area (Å²) in [6.45, 7) is 1.08. The molecule has 0 amide bonds. The first-order valence-electron chi connectivity index (χ1n) is 3.88.